The fraction of sp³-hybridized carbons (Fsp3) is 0.138. The second-order valence-electron chi connectivity index (χ2n) is 8.55. The quantitative estimate of drug-likeness (QED) is 0.0966. The number of nitrogens with zero attached hydrogens (tertiary/aromatic N) is 1. The Morgan fingerprint density at radius 2 is 1.42 bits per heavy atom. The number of anilines is 1. The molecule has 0 radical (unpaired) electrons. The number of nitro benzene ring substituents is 1. The zero-order valence-electron chi connectivity index (χ0n) is 20.3. The molecule has 1 N–H and O–H groups in total. The number of benzene rings is 4. The van der Waals surface area contributed by atoms with Gasteiger partial charge in [0.05, 0.1) is 12.0 Å². The highest BCUT2D eigenvalue weighted by atomic mass is 35.5. The summed E-state index contributed by atoms with van der Waals surface area (Å²) in [6.45, 7) is 0.401. The summed E-state index contributed by atoms with van der Waals surface area (Å²) in [4.78, 5) is 25.1. The molecule has 0 aliphatic heterocycles. The van der Waals surface area contributed by atoms with Crippen LogP contribution in [0.3, 0.4) is 0 Å². The predicted molar refractivity (Wildman–Crippen MR) is 152 cm³/mol. The van der Waals surface area contributed by atoms with E-state index in [1.807, 2.05) is 18.2 Å². The lowest BCUT2D eigenvalue weighted by molar-refractivity contribution is -0.384. The van der Waals surface area contributed by atoms with Gasteiger partial charge < -0.3 is 10.1 Å². The third-order valence-electron chi connectivity index (χ3n) is 6.29. The molecular weight excluding hydrogens is 547 g/mol. The molecule has 6 nitrogen and oxygen atoms in total. The molecular formula is C29H23Cl3N2O4. The summed E-state index contributed by atoms with van der Waals surface area (Å²) >= 11 is 18.4. The number of carbonyl (C=O) groups is 1. The summed E-state index contributed by atoms with van der Waals surface area (Å²) in [6, 6.07) is 25.7. The van der Waals surface area contributed by atoms with E-state index in [1.54, 1.807) is 66.7 Å². The minimum absolute atomic E-state index is 0.120. The summed E-state index contributed by atoms with van der Waals surface area (Å²) in [5, 5.41) is 16.7. The van der Waals surface area contributed by atoms with Gasteiger partial charge in [-0.15, -0.1) is 0 Å². The Kier molecular flexibility index (Phi) is 8.57. The topological polar surface area (TPSA) is 81.5 Å². The predicted octanol–water partition coefficient (Wildman–Crippen LogP) is 7.72. The second kappa shape index (κ2) is 11.9. The van der Waals surface area contributed by atoms with E-state index in [0.717, 1.165) is 5.56 Å². The molecule has 0 heterocycles. The normalized spacial score (nSPS) is 11.2. The SMILES string of the molecule is COC(=O)C(c1ccc(Cl)cc1)(c1ccc(Cl)cc1)c1ccc([N+](=O)[O-])c(NCCc2cccc(Cl)c2)c1. The number of esters is 1. The summed E-state index contributed by atoms with van der Waals surface area (Å²) in [6.07, 6.45) is 0.582. The van der Waals surface area contributed by atoms with Gasteiger partial charge in [-0.1, -0.05) is 77.3 Å². The van der Waals surface area contributed by atoms with Gasteiger partial charge >= 0.3 is 5.97 Å². The molecule has 0 spiro atoms. The van der Waals surface area contributed by atoms with Crippen LogP contribution in [0.5, 0.6) is 0 Å². The smallest absolute Gasteiger partial charge is 0.325 e. The zero-order chi connectivity index (χ0) is 27.3. The minimum atomic E-state index is -1.46. The molecule has 0 fully saturated rings. The first-order chi connectivity index (χ1) is 18.2. The summed E-state index contributed by atoms with van der Waals surface area (Å²) in [5.41, 5.74) is 1.31. The molecule has 0 saturated heterocycles. The molecule has 0 unspecified atom stereocenters. The van der Waals surface area contributed by atoms with E-state index in [4.69, 9.17) is 39.5 Å². The van der Waals surface area contributed by atoms with E-state index in [2.05, 4.69) is 5.32 Å². The number of halogens is 3. The maximum absolute atomic E-state index is 13.7. The highest BCUT2D eigenvalue weighted by Gasteiger charge is 2.46. The fourth-order valence-corrected chi connectivity index (χ4v) is 4.98. The summed E-state index contributed by atoms with van der Waals surface area (Å²) < 4.78 is 5.34. The number of nitro groups is 1. The van der Waals surface area contributed by atoms with Crippen molar-refractivity contribution < 1.29 is 14.5 Å². The van der Waals surface area contributed by atoms with Gasteiger partial charge in [0.25, 0.3) is 5.69 Å². The average Bonchev–Trinajstić information content (AvgIpc) is 2.91. The van der Waals surface area contributed by atoms with Gasteiger partial charge in [-0.25, -0.2) is 0 Å². The van der Waals surface area contributed by atoms with Gasteiger partial charge in [-0.2, -0.15) is 0 Å². The van der Waals surface area contributed by atoms with Crippen molar-refractivity contribution in [2.75, 3.05) is 19.0 Å². The first kappa shape index (κ1) is 27.5. The van der Waals surface area contributed by atoms with Crippen LogP contribution in [0.4, 0.5) is 11.4 Å². The van der Waals surface area contributed by atoms with Crippen molar-refractivity contribution in [1.82, 2.24) is 0 Å². The Hall–Kier alpha value is -3.58. The van der Waals surface area contributed by atoms with Crippen molar-refractivity contribution in [2.45, 2.75) is 11.8 Å². The van der Waals surface area contributed by atoms with Crippen LogP contribution in [0.2, 0.25) is 15.1 Å². The number of carbonyl (C=O) groups excluding carboxylic acids is 1. The number of ether oxygens (including phenoxy) is 1. The fourth-order valence-electron chi connectivity index (χ4n) is 4.51. The van der Waals surface area contributed by atoms with Crippen LogP contribution in [0.1, 0.15) is 22.3 Å². The van der Waals surface area contributed by atoms with Gasteiger partial charge in [-0.3, -0.25) is 14.9 Å². The lowest BCUT2D eigenvalue weighted by Crippen LogP contribution is -2.39. The minimum Gasteiger partial charge on any atom is -0.468 e. The van der Waals surface area contributed by atoms with Gasteiger partial charge in [-0.05, 0) is 71.1 Å². The van der Waals surface area contributed by atoms with Crippen molar-refractivity contribution in [2.24, 2.45) is 0 Å². The molecule has 194 valence electrons. The lowest BCUT2D eigenvalue weighted by Gasteiger charge is -2.33. The van der Waals surface area contributed by atoms with Gasteiger partial charge in [0.1, 0.15) is 11.1 Å². The molecule has 38 heavy (non-hydrogen) atoms. The van der Waals surface area contributed by atoms with Crippen LogP contribution in [-0.4, -0.2) is 24.5 Å². The summed E-state index contributed by atoms with van der Waals surface area (Å²) in [5.74, 6) is -0.569. The molecule has 0 atom stereocenters. The lowest BCUT2D eigenvalue weighted by atomic mass is 9.69. The van der Waals surface area contributed by atoms with E-state index in [9.17, 15) is 14.9 Å². The number of rotatable bonds is 9. The second-order valence-corrected chi connectivity index (χ2v) is 9.86. The molecule has 4 aromatic carbocycles. The molecule has 0 aliphatic rings. The summed E-state index contributed by atoms with van der Waals surface area (Å²) in [7, 11) is 1.30. The molecule has 0 aromatic heterocycles. The number of methoxy groups -OCH3 is 1. The first-order valence-electron chi connectivity index (χ1n) is 11.6. The Bertz CT molecular complexity index is 1410. The van der Waals surface area contributed by atoms with Gasteiger partial charge in [0, 0.05) is 27.7 Å². The van der Waals surface area contributed by atoms with E-state index in [0.29, 0.717) is 44.7 Å². The van der Waals surface area contributed by atoms with E-state index in [1.165, 1.54) is 13.2 Å². The van der Waals surface area contributed by atoms with Crippen LogP contribution in [0.15, 0.2) is 91.0 Å². The highest BCUT2D eigenvalue weighted by Crippen LogP contribution is 2.43. The van der Waals surface area contributed by atoms with Crippen LogP contribution < -0.4 is 5.32 Å². The van der Waals surface area contributed by atoms with Crippen molar-refractivity contribution in [3.05, 3.63) is 138 Å². The first-order valence-corrected chi connectivity index (χ1v) is 12.8. The molecule has 9 heteroatoms. The molecule has 0 bridgehead atoms. The molecule has 4 aromatic rings. The van der Waals surface area contributed by atoms with Crippen molar-refractivity contribution in [3.8, 4) is 0 Å². The van der Waals surface area contributed by atoms with Crippen LogP contribution >= 0.6 is 34.8 Å². The Labute approximate surface area is 235 Å². The molecule has 4 rings (SSSR count). The van der Waals surface area contributed by atoms with E-state index in [-0.39, 0.29) is 11.4 Å². The van der Waals surface area contributed by atoms with Gasteiger partial charge in [0.2, 0.25) is 0 Å². The largest absolute Gasteiger partial charge is 0.468 e. The highest BCUT2D eigenvalue weighted by molar-refractivity contribution is 6.31. The van der Waals surface area contributed by atoms with Gasteiger partial charge in [0.15, 0.2) is 0 Å². The average molecular weight is 570 g/mol. The molecule has 0 aliphatic carbocycles. The monoisotopic (exact) mass is 568 g/mol. The molecule has 0 saturated carbocycles. The Balaban J connectivity index is 1.86. The third kappa shape index (κ3) is 5.63. The molecule has 0 amide bonds. The van der Waals surface area contributed by atoms with E-state index >= 15 is 0 Å². The third-order valence-corrected chi connectivity index (χ3v) is 7.03. The van der Waals surface area contributed by atoms with Crippen molar-refractivity contribution in [3.63, 3.8) is 0 Å². The van der Waals surface area contributed by atoms with Crippen molar-refractivity contribution in [1.29, 1.82) is 0 Å². The standard InChI is InChI=1S/C29H23Cl3N2O4/c1-38-28(35)29(20-5-10-23(30)11-6-20,21-7-12-24(31)13-8-21)22-9-14-27(34(36)37)26(18-22)33-16-15-19-3-2-4-25(32)17-19/h2-14,17-18,33H,15-16H2,1H3. The van der Waals surface area contributed by atoms with Crippen LogP contribution in [0.25, 0.3) is 0 Å². The Morgan fingerprint density at radius 1 is 0.842 bits per heavy atom. The maximum atomic E-state index is 13.7. The number of hydrogen-bond acceptors (Lipinski definition) is 5. The van der Waals surface area contributed by atoms with E-state index < -0.39 is 16.3 Å². The van der Waals surface area contributed by atoms with Crippen LogP contribution in [-0.2, 0) is 21.4 Å². The number of hydrogen-bond donors (Lipinski definition) is 1. The van der Waals surface area contributed by atoms with Crippen LogP contribution in [0, 0.1) is 10.1 Å². The Morgan fingerprint density at radius 3 is 1.95 bits per heavy atom. The van der Waals surface area contributed by atoms with Crippen molar-refractivity contribution >= 4 is 52.1 Å². The maximum Gasteiger partial charge on any atom is 0.325 e. The zero-order valence-corrected chi connectivity index (χ0v) is 22.6. The number of nitrogens with one attached hydrogen (secondary N) is 1.